The molecule has 2 atom stereocenters. The number of esters is 1. The van der Waals surface area contributed by atoms with E-state index in [0.717, 1.165) is 36.2 Å². The molecule has 1 aliphatic heterocycles. The minimum absolute atomic E-state index is 0.415. The van der Waals surface area contributed by atoms with Gasteiger partial charge >= 0.3 is 5.97 Å². The summed E-state index contributed by atoms with van der Waals surface area (Å²) in [4.78, 5) is 12.3. The van der Waals surface area contributed by atoms with Crippen LogP contribution in [0.15, 0.2) is 34.7 Å². The van der Waals surface area contributed by atoms with Crippen molar-refractivity contribution in [2.45, 2.75) is 31.9 Å². The van der Waals surface area contributed by atoms with Crippen LogP contribution in [0, 0.1) is 0 Å². The maximum Gasteiger partial charge on any atom is 0.337 e. The predicted octanol–water partition coefficient (Wildman–Crippen LogP) is 2.10. The molecular weight excluding hydrogens is 290 g/mol. The molecule has 1 heterocycles. The Morgan fingerprint density at radius 2 is 1.95 bits per heavy atom. The van der Waals surface area contributed by atoms with E-state index in [4.69, 9.17) is 0 Å². The van der Waals surface area contributed by atoms with E-state index in [9.17, 15) is 14.1 Å². The zero-order valence-electron chi connectivity index (χ0n) is 11.7. The third kappa shape index (κ3) is 2.38. The van der Waals surface area contributed by atoms with Crippen LogP contribution in [0.2, 0.25) is 0 Å². The van der Waals surface area contributed by atoms with Crippen LogP contribution in [0.5, 0.6) is 0 Å². The summed E-state index contributed by atoms with van der Waals surface area (Å²) in [5, 5.41) is 10.4. The second-order valence-corrected chi connectivity index (χ2v) is 6.53. The number of carbonyl (C=O) groups is 1. The normalized spacial score (nSPS) is 25.0. The van der Waals surface area contributed by atoms with Gasteiger partial charge in [0.05, 0.1) is 18.4 Å². The van der Waals surface area contributed by atoms with Crippen molar-refractivity contribution in [2.75, 3.05) is 11.4 Å². The number of allylic oxidation sites excluding steroid dienone is 1. The number of methoxy groups -OCH3 is 1. The maximum absolute atomic E-state index is 12.6. The molecule has 1 N–H and O–H groups in total. The molecule has 21 heavy (non-hydrogen) atoms. The number of hydrogen-bond acceptors (Lipinski definition) is 4. The van der Waals surface area contributed by atoms with Crippen molar-refractivity contribution >= 4 is 22.6 Å². The molecule has 1 aromatic rings. The Labute approximate surface area is 125 Å². The molecule has 0 aromatic heterocycles. The minimum atomic E-state index is -1.33. The average Bonchev–Trinajstić information content (AvgIpc) is 2.79. The highest BCUT2D eigenvalue weighted by Crippen LogP contribution is 2.40. The van der Waals surface area contributed by atoms with Crippen molar-refractivity contribution in [2.24, 2.45) is 0 Å². The number of rotatable bonds is 2. The van der Waals surface area contributed by atoms with Crippen LogP contribution >= 0.6 is 0 Å². The molecule has 1 aliphatic carbocycles. The first-order valence-electron chi connectivity index (χ1n) is 6.93. The number of aliphatic hydroxyl groups excluding tert-OH is 1. The molecule has 1 unspecified atom stereocenters. The summed E-state index contributed by atoms with van der Waals surface area (Å²) in [6.45, 7) is 0. The molecule has 0 fully saturated rings. The van der Waals surface area contributed by atoms with Crippen molar-refractivity contribution in [1.29, 1.82) is 0 Å². The molecule has 0 bridgehead atoms. The molecule has 6 heteroatoms. The standard InChI is InChI=1S/C15H17NO4S/c1-20-15(18)10-6-8-11(9-7-10)16-14(17)12-4-2-3-5-13(12)21(16)19/h6-9,14,17H,2-5H2,1H3/t14-,21?/m0/s1. The Kier molecular flexibility index (Phi) is 3.82. The molecule has 0 saturated heterocycles. The van der Waals surface area contributed by atoms with Crippen molar-refractivity contribution in [3.63, 3.8) is 0 Å². The first-order valence-corrected chi connectivity index (χ1v) is 8.03. The first kappa shape index (κ1) is 14.3. The number of carbonyl (C=O) groups excluding carboxylic acids is 1. The maximum atomic E-state index is 12.6. The van der Waals surface area contributed by atoms with E-state index in [1.807, 2.05) is 0 Å². The zero-order chi connectivity index (χ0) is 15.0. The van der Waals surface area contributed by atoms with E-state index in [1.165, 1.54) is 11.4 Å². The van der Waals surface area contributed by atoms with Gasteiger partial charge < -0.3 is 9.84 Å². The predicted molar refractivity (Wildman–Crippen MR) is 79.9 cm³/mol. The molecular formula is C15H17NO4S. The second-order valence-electron chi connectivity index (χ2n) is 5.14. The number of nitrogens with zero attached hydrogens (tertiary/aromatic N) is 1. The Hall–Kier alpha value is -1.66. The van der Waals surface area contributed by atoms with Gasteiger partial charge in [-0.2, -0.15) is 0 Å². The van der Waals surface area contributed by atoms with Crippen molar-refractivity contribution in [3.05, 3.63) is 40.3 Å². The van der Waals surface area contributed by atoms with Gasteiger partial charge in [-0.1, -0.05) is 0 Å². The zero-order valence-corrected chi connectivity index (χ0v) is 12.6. The highest BCUT2D eigenvalue weighted by atomic mass is 32.2. The van der Waals surface area contributed by atoms with Gasteiger partial charge in [-0.15, -0.1) is 0 Å². The van der Waals surface area contributed by atoms with E-state index in [0.29, 0.717) is 11.3 Å². The lowest BCUT2D eigenvalue weighted by Gasteiger charge is -2.22. The van der Waals surface area contributed by atoms with Gasteiger partial charge in [-0.25, -0.2) is 9.00 Å². The fraction of sp³-hybridized carbons (Fsp3) is 0.400. The van der Waals surface area contributed by atoms with Gasteiger partial charge in [0.25, 0.3) is 0 Å². The van der Waals surface area contributed by atoms with E-state index in [2.05, 4.69) is 4.74 Å². The summed E-state index contributed by atoms with van der Waals surface area (Å²) < 4.78 is 18.7. The van der Waals surface area contributed by atoms with Gasteiger partial charge in [-0.05, 0) is 55.5 Å². The lowest BCUT2D eigenvalue weighted by molar-refractivity contribution is 0.0601. The largest absolute Gasteiger partial charge is 0.465 e. The average molecular weight is 307 g/mol. The lowest BCUT2D eigenvalue weighted by Crippen LogP contribution is -2.32. The van der Waals surface area contributed by atoms with Crippen LogP contribution in [-0.2, 0) is 15.7 Å². The number of hydrogen-bond donors (Lipinski definition) is 1. The number of benzene rings is 1. The summed E-state index contributed by atoms with van der Waals surface area (Å²) in [5.74, 6) is -0.415. The number of anilines is 1. The summed E-state index contributed by atoms with van der Waals surface area (Å²) in [6, 6.07) is 6.60. The Morgan fingerprint density at radius 1 is 1.29 bits per heavy atom. The Balaban J connectivity index is 1.88. The molecule has 2 aliphatic rings. The van der Waals surface area contributed by atoms with Crippen LogP contribution < -0.4 is 4.31 Å². The topological polar surface area (TPSA) is 66.8 Å². The van der Waals surface area contributed by atoms with E-state index in [1.54, 1.807) is 24.3 Å². The van der Waals surface area contributed by atoms with E-state index in [-0.39, 0.29) is 0 Å². The number of ether oxygens (including phenoxy) is 1. The second kappa shape index (κ2) is 5.61. The van der Waals surface area contributed by atoms with Gasteiger partial charge in [0.15, 0.2) is 17.2 Å². The monoisotopic (exact) mass is 307 g/mol. The minimum Gasteiger partial charge on any atom is -0.465 e. The Bertz CT molecular complexity index is 623. The molecule has 5 nitrogen and oxygen atoms in total. The highest BCUT2D eigenvalue weighted by molar-refractivity contribution is 7.90. The lowest BCUT2D eigenvalue weighted by atomic mass is 9.98. The van der Waals surface area contributed by atoms with E-state index < -0.39 is 23.2 Å². The summed E-state index contributed by atoms with van der Waals surface area (Å²) in [6.07, 6.45) is 2.81. The molecule has 0 amide bonds. The summed E-state index contributed by atoms with van der Waals surface area (Å²) >= 11 is 0. The van der Waals surface area contributed by atoms with Gasteiger partial charge in [0.2, 0.25) is 0 Å². The van der Waals surface area contributed by atoms with Crippen molar-refractivity contribution < 1.29 is 18.8 Å². The fourth-order valence-electron chi connectivity index (χ4n) is 2.82. The van der Waals surface area contributed by atoms with E-state index >= 15 is 0 Å². The summed E-state index contributed by atoms with van der Waals surface area (Å²) in [7, 11) is -0.00365. The fourth-order valence-corrected chi connectivity index (χ4v) is 4.43. The number of aliphatic hydroxyl groups is 1. The quantitative estimate of drug-likeness (QED) is 0.850. The summed E-state index contributed by atoms with van der Waals surface area (Å²) in [5.41, 5.74) is 1.97. The molecule has 0 radical (unpaired) electrons. The highest BCUT2D eigenvalue weighted by Gasteiger charge is 2.38. The molecule has 3 rings (SSSR count). The Morgan fingerprint density at radius 3 is 2.57 bits per heavy atom. The molecule has 0 saturated carbocycles. The molecule has 112 valence electrons. The first-order chi connectivity index (χ1) is 10.1. The van der Waals surface area contributed by atoms with Crippen molar-refractivity contribution in [1.82, 2.24) is 0 Å². The van der Waals surface area contributed by atoms with Crippen molar-refractivity contribution in [3.8, 4) is 0 Å². The van der Waals surface area contributed by atoms with Crippen LogP contribution in [0.1, 0.15) is 36.0 Å². The van der Waals surface area contributed by atoms with Crippen LogP contribution in [0.25, 0.3) is 0 Å². The SMILES string of the molecule is COC(=O)c1ccc(N2[C@@H](O)C3=C(CCCC3)S2=O)cc1. The molecule has 0 spiro atoms. The molecule has 1 aromatic carbocycles. The smallest absolute Gasteiger partial charge is 0.337 e. The third-order valence-electron chi connectivity index (χ3n) is 3.92. The van der Waals surface area contributed by atoms with Gasteiger partial charge in [0.1, 0.15) is 0 Å². The van der Waals surface area contributed by atoms with Crippen LogP contribution in [0.3, 0.4) is 0 Å². The van der Waals surface area contributed by atoms with Crippen LogP contribution in [-0.4, -0.2) is 28.6 Å². The van der Waals surface area contributed by atoms with Gasteiger partial charge in [0, 0.05) is 4.91 Å². The van der Waals surface area contributed by atoms with Crippen LogP contribution in [0.4, 0.5) is 5.69 Å². The van der Waals surface area contributed by atoms with Gasteiger partial charge in [-0.3, -0.25) is 4.31 Å². The third-order valence-corrected chi connectivity index (χ3v) is 5.58.